The first-order chi connectivity index (χ1) is 8.19. The van der Waals surface area contributed by atoms with Gasteiger partial charge >= 0.3 is 5.97 Å². The molecule has 1 aromatic heterocycles. The minimum atomic E-state index is -0.549. The van der Waals surface area contributed by atoms with Crippen LogP contribution in [0.5, 0.6) is 0 Å². The third-order valence-corrected chi connectivity index (χ3v) is 2.55. The van der Waals surface area contributed by atoms with Crippen molar-refractivity contribution < 1.29 is 9.53 Å². The number of aromatic nitrogens is 2. The van der Waals surface area contributed by atoms with Gasteiger partial charge in [-0.3, -0.25) is 4.79 Å². The Bertz CT molecular complexity index is 349. The van der Waals surface area contributed by atoms with Crippen molar-refractivity contribution in [2.24, 2.45) is 5.73 Å². The van der Waals surface area contributed by atoms with E-state index in [9.17, 15) is 4.79 Å². The van der Waals surface area contributed by atoms with Crippen LogP contribution in [0.25, 0.3) is 0 Å². The van der Waals surface area contributed by atoms with E-state index >= 15 is 0 Å². The summed E-state index contributed by atoms with van der Waals surface area (Å²) in [5, 5.41) is 0. The molecule has 1 aromatic rings. The molecule has 0 aliphatic heterocycles. The maximum absolute atomic E-state index is 11.3. The van der Waals surface area contributed by atoms with Crippen LogP contribution < -0.4 is 5.73 Å². The van der Waals surface area contributed by atoms with Gasteiger partial charge in [-0.2, -0.15) is 0 Å². The molecule has 0 bridgehead atoms. The summed E-state index contributed by atoms with van der Waals surface area (Å²) in [4.78, 5) is 15.6. The Balaban J connectivity index is 2.44. The fourth-order valence-corrected chi connectivity index (χ4v) is 1.64. The van der Waals surface area contributed by atoms with Gasteiger partial charge in [-0.05, 0) is 19.8 Å². The lowest BCUT2D eigenvalue weighted by atomic mass is 10.2. The molecular weight excluding hydrogens is 218 g/mol. The molecule has 96 valence electrons. The number of carbonyl (C=O) groups is 1. The number of carbonyl (C=O) groups excluding carboxylic acids is 1. The zero-order chi connectivity index (χ0) is 12.7. The van der Waals surface area contributed by atoms with Gasteiger partial charge in [-0.25, -0.2) is 4.98 Å². The number of nitrogens with two attached hydrogens (primary N) is 1. The zero-order valence-electron chi connectivity index (χ0n) is 10.6. The first kappa shape index (κ1) is 13.7. The first-order valence-corrected chi connectivity index (χ1v) is 6.11. The third-order valence-electron chi connectivity index (χ3n) is 2.55. The summed E-state index contributed by atoms with van der Waals surface area (Å²) < 4.78 is 6.91. The van der Waals surface area contributed by atoms with Crippen LogP contribution >= 0.6 is 0 Å². The van der Waals surface area contributed by atoms with Crippen molar-refractivity contribution in [1.29, 1.82) is 0 Å². The topological polar surface area (TPSA) is 70.1 Å². The van der Waals surface area contributed by atoms with Gasteiger partial charge in [0.1, 0.15) is 11.9 Å². The second kappa shape index (κ2) is 7.06. The molecule has 5 nitrogen and oxygen atoms in total. The molecule has 0 spiro atoms. The van der Waals surface area contributed by atoms with Crippen LogP contribution in [0, 0.1) is 0 Å². The molecule has 0 saturated heterocycles. The van der Waals surface area contributed by atoms with Crippen molar-refractivity contribution in [3.63, 3.8) is 0 Å². The molecule has 1 heterocycles. The van der Waals surface area contributed by atoms with Gasteiger partial charge in [0, 0.05) is 25.4 Å². The molecule has 0 radical (unpaired) electrons. The second-order valence-electron chi connectivity index (χ2n) is 3.93. The van der Waals surface area contributed by atoms with Crippen LogP contribution in [0.2, 0.25) is 0 Å². The van der Waals surface area contributed by atoms with E-state index in [4.69, 9.17) is 10.5 Å². The number of hydrogen-bond donors (Lipinski definition) is 1. The SMILES string of the molecule is CCCc1nccn1CCC(N)C(=O)OCC. The van der Waals surface area contributed by atoms with Crippen molar-refractivity contribution in [2.45, 2.75) is 45.7 Å². The molecule has 17 heavy (non-hydrogen) atoms. The predicted molar refractivity (Wildman–Crippen MR) is 65.4 cm³/mol. The van der Waals surface area contributed by atoms with Gasteiger partial charge < -0.3 is 15.0 Å². The van der Waals surface area contributed by atoms with E-state index in [1.54, 1.807) is 13.1 Å². The highest BCUT2D eigenvalue weighted by atomic mass is 16.5. The van der Waals surface area contributed by atoms with Crippen LogP contribution in [-0.4, -0.2) is 28.2 Å². The molecule has 2 N–H and O–H groups in total. The van der Waals surface area contributed by atoms with Gasteiger partial charge in [0.05, 0.1) is 6.61 Å². The van der Waals surface area contributed by atoms with Crippen molar-refractivity contribution in [1.82, 2.24) is 9.55 Å². The van der Waals surface area contributed by atoms with Crippen LogP contribution in [0.1, 0.15) is 32.5 Å². The Labute approximate surface area is 102 Å². The molecule has 0 fully saturated rings. The number of imidazole rings is 1. The van der Waals surface area contributed by atoms with E-state index in [1.165, 1.54) is 0 Å². The van der Waals surface area contributed by atoms with Crippen LogP contribution in [0.15, 0.2) is 12.4 Å². The van der Waals surface area contributed by atoms with E-state index in [1.807, 2.05) is 10.8 Å². The van der Waals surface area contributed by atoms with Crippen LogP contribution in [0.4, 0.5) is 0 Å². The molecule has 0 aromatic carbocycles. The zero-order valence-corrected chi connectivity index (χ0v) is 10.6. The van der Waals surface area contributed by atoms with E-state index in [0.29, 0.717) is 19.6 Å². The Morgan fingerprint density at radius 1 is 1.59 bits per heavy atom. The lowest BCUT2D eigenvalue weighted by molar-refractivity contribution is -0.144. The molecule has 5 heteroatoms. The summed E-state index contributed by atoms with van der Waals surface area (Å²) in [6, 6.07) is -0.549. The Hall–Kier alpha value is -1.36. The quantitative estimate of drug-likeness (QED) is 0.724. The molecule has 0 aliphatic carbocycles. The number of esters is 1. The van der Waals surface area contributed by atoms with Crippen molar-refractivity contribution in [3.05, 3.63) is 18.2 Å². The summed E-state index contributed by atoms with van der Waals surface area (Å²) in [5.41, 5.74) is 5.74. The van der Waals surface area contributed by atoms with Gasteiger partial charge in [0.15, 0.2) is 0 Å². The minimum absolute atomic E-state index is 0.329. The van der Waals surface area contributed by atoms with Crippen molar-refractivity contribution in [2.75, 3.05) is 6.61 Å². The fourth-order valence-electron chi connectivity index (χ4n) is 1.64. The number of hydrogen-bond acceptors (Lipinski definition) is 4. The summed E-state index contributed by atoms with van der Waals surface area (Å²) in [6.45, 7) is 4.97. The standard InChI is InChI=1S/C12H21N3O2/c1-3-5-11-14-7-9-15(11)8-6-10(13)12(16)17-4-2/h7,9-10H,3-6,8,13H2,1-2H3. The molecule has 1 unspecified atom stereocenters. The molecule has 1 rings (SSSR count). The smallest absolute Gasteiger partial charge is 0.322 e. The molecule has 0 saturated carbocycles. The summed E-state index contributed by atoms with van der Waals surface area (Å²) in [5.74, 6) is 0.716. The second-order valence-corrected chi connectivity index (χ2v) is 3.93. The Morgan fingerprint density at radius 3 is 3.00 bits per heavy atom. The highest BCUT2D eigenvalue weighted by Gasteiger charge is 2.14. The first-order valence-electron chi connectivity index (χ1n) is 6.11. The summed E-state index contributed by atoms with van der Waals surface area (Å²) in [7, 11) is 0. The maximum atomic E-state index is 11.3. The van der Waals surface area contributed by atoms with Crippen LogP contribution in [0.3, 0.4) is 0 Å². The van der Waals surface area contributed by atoms with Crippen molar-refractivity contribution in [3.8, 4) is 0 Å². The Morgan fingerprint density at radius 2 is 2.35 bits per heavy atom. The average molecular weight is 239 g/mol. The van der Waals surface area contributed by atoms with Gasteiger partial charge in [0.25, 0.3) is 0 Å². The molecule has 0 amide bonds. The van der Waals surface area contributed by atoms with Gasteiger partial charge in [-0.1, -0.05) is 6.92 Å². The highest BCUT2D eigenvalue weighted by Crippen LogP contribution is 2.04. The lowest BCUT2D eigenvalue weighted by Gasteiger charge is -2.12. The maximum Gasteiger partial charge on any atom is 0.322 e. The monoisotopic (exact) mass is 239 g/mol. The molecule has 1 atom stereocenters. The lowest BCUT2D eigenvalue weighted by Crippen LogP contribution is -2.33. The number of ether oxygens (including phenoxy) is 1. The highest BCUT2D eigenvalue weighted by molar-refractivity contribution is 5.75. The number of nitrogens with zero attached hydrogens (tertiary/aromatic N) is 2. The van der Waals surface area contributed by atoms with Gasteiger partial charge in [0.2, 0.25) is 0 Å². The minimum Gasteiger partial charge on any atom is -0.465 e. The molecular formula is C12H21N3O2. The van der Waals surface area contributed by atoms with E-state index in [2.05, 4.69) is 11.9 Å². The van der Waals surface area contributed by atoms with Crippen molar-refractivity contribution >= 4 is 5.97 Å². The molecule has 0 aliphatic rings. The van der Waals surface area contributed by atoms with Crippen LogP contribution in [-0.2, 0) is 22.5 Å². The average Bonchev–Trinajstić information content (AvgIpc) is 2.74. The van der Waals surface area contributed by atoms with Gasteiger partial charge in [-0.15, -0.1) is 0 Å². The normalized spacial score (nSPS) is 12.4. The number of aryl methyl sites for hydroxylation is 2. The fraction of sp³-hybridized carbons (Fsp3) is 0.667. The summed E-state index contributed by atoms with van der Waals surface area (Å²) >= 11 is 0. The van der Waals surface area contributed by atoms with E-state index < -0.39 is 6.04 Å². The largest absolute Gasteiger partial charge is 0.465 e. The number of rotatable bonds is 7. The summed E-state index contributed by atoms with van der Waals surface area (Å²) in [6.07, 6.45) is 6.28. The predicted octanol–water partition coefficient (Wildman–Crippen LogP) is 1.12. The third kappa shape index (κ3) is 4.19. The van der Waals surface area contributed by atoms with E-state index in [-0.39, 0.29) is 5.97 Å². The van der Waals surface area contributed by atoms with E-state index in [0.717, 1.165) is 18.7 Å². The Kier molecular flexibility index (Phi) is 5.69.